The summed E-state index contributed by atoms with van der Waals surface area (Å²) in [6.45, 7) is 4.99. The number of piperidine rings is 1. The summed E-state index contributed by atoms with van der Waals surface area (Å²) < 4.78 is 39.0. The van der Waals surface area contributed by atoms with Crippen LogP contribution in [0.4, 0.5) is 0 Å². The van der Waals surface area contributed by atoms with Gasteiger partial charge in [-0.05, 0) is 43.9 Å². The van der Waals surface area contributed by atoms with E-state index in [9.17, 15) is 8.42 Å². The SMILES string of the molecule is CCOc1ccccc1S(=O)(=O)N1CCCC(Oc2ncc(CC)cn2)C1. The quantitative estimate of drug-likeness (QED) is 0.722. The molecular weight excluding hydrogens is 366 g/mol. The van der Waals surface area contributed by atoms with Crippen LogP contribution in [0.5, 0.6) is 11.8 Å². The second-order valence-electron chi connectivity index (χ2n) is 6.35. The molecule has 1 aliphatic rings. The predicted octanol–water partition coefficient (Wildman–Crippen LogP) is 2.67. The van der Waals surface area contributed by atoms with Crippen LogP contribution in [0, 0.1) is 0 Å². The Morgan fingerprint density at radius 3 is 2.63 bits per heavy atom. The fraction of sp³-hybridized carbons (Fsp3) is 0.474. The molecule has 0 saturated carbocycles. The molecule has 3 rings (SSSR count). The van der Waals surface area contributed by atoms with Crippen molar-refractivity contribution in [1.82, 2.24) is 14.3 Å². The number of para-hydroxylation sites is 1. The minimum Gasteiger partial charge on any atom is -0.492 e. The van der Waals surface area contributed by atoms with Gasteiger partial charge in [-0.2, -0.15) is 4.31 Å². The third-order valence-corrected chi connectivity index (χ3v) is 6.37. The van der Waals surface area contributed by atoms with Crippen LogP contribution in [-0.2, 0) is 16.4 Å². The summed E-state index contributed by atoms with van der Waals surface area (Å²) in [6, 6.07) is 7.01. The fourth-order valence-corrected chi connectivity index (χ4v) is 4.67. The Bertz CT molecular complexity index is 856. The molecule has 1 aromatic heterocycles. The molecule has 7 nitrogen and oxygen atoms in total. The molecule has 0 spiro atoms. The third-order valence-electron chi connectivity index (χ3n) is 4.47. The number of sulfonamides is 1. The minimum absolute atomic E-state index is 0.191. The smallest absolute Gasteiger partial charge is 0.316 e. The number of ether oxygens (including phenoxy) is 2. The average molecular weight is 391 g/mol. The van der Waals surface area contributed by atoms with Gasteiger partial charge in [-0.25, -0.2) is 18.4 Å². The molecule has 146 valence electrons. The van der Waals surface area contributed by atoms with E-state index in [0.29, 0.717) is 25.3 Å². The van der Waals surface area contributed by atoms with Gasteiger partial charge in [-0.1, -0.05) is 19.1 Å². The van der Waals surface area contributed by atoms with Crippen LogP contribution in [-0.4, -0.2) is 48.5 Å². The standard InChI is InChI=1S/C19H25N3O4S/c1-3-15-12-20-19(21-13-15)26-16-8-7-11-22(14-16)27(23,24)18-10-6-5-9-17(18)25-4-2/h5-6,9-10,12-13,16H,3-4,7-8,11,14H2,1-2H3. The van der Waals surface area contributed by atoms with Crippen molar-refractivity contribution in [2.24, 2.45) is 0 Å². The molecule has 0 amide bonds. The van der Waals surface area contributed by atoms with Crippen molar-refractivity contribution in [2.75, 3.05) is 19.7 Å². The minimum atomic E-state index is -3.66. The molecule has 1 saturated heterocycles. The topological polar surface area (TPSA) is 81.6 Å². The number of aromatic nitrogens is 2. The summed E-state index contributed by atoms with van der Waals surface area (Å²) in [6.07, 6.45) is 5.52. The number of rotatable bonds is 7. The maximum absolute atomic E-state index is 13.1. The van der Waals surface area contributed by atoms with Crippen molar-refractivity contribution in [2.45, 2.75) is 44.1 Å². The second kappa shape index (κ2) is 8.67. The van der Waals surface area contributed by atoms with Gasteiger partial charge in [0.15, 0.2) is 0 Å². The molecular formula is C19H25N3O4S. The van der Waals surface area contributed by atoms with Crippen molar-refractivity contribution in [3.05, 3.63) is 42.2 Å². The van der Waals surface area contributed by atoms with Crippen LogP contribution in [0.1, 0.15) is 32.3 Å². The zero-order valence-electron chi connectivity index (χ0n) is 15.7. The van der Waals surface area contributed by atoms with Gasteiger partial charge in [0, 0.05) is 18.9 Å². The Morgan fingerprint density at radius 2 is 1.93 bits per heavy atom. The lowest BCUT2D eigenvalue weighted by atomic mass is 10.1. The zero-order chi connectivity index (χ0) is 19.3. The lowest BCUT2D eigenvalue weighted by Gasteiger charge is -2.31. The van der Waals surface area contributed by atoms with Gasteiger partial charge in [0.25, 0.3) is 0 Å². The first-order valence-electron chi connectivity index (χ1n) is 9.24. The largest absolute Gasteiger partial charge is 0.492 e. The van der Waals surface area contributed by atoms with E-state index in [4.69, 9.17) is 9.47 Å². The van der Waals surface area contributed by atoms with Gasteiger partial charge in [0.1, 0.15) is 16.7 Å². The van der Waals surface area contributed by atoms with E-state index in [2.05, 4.69) is 9.97 Å². The van der Waals surface area contributed by atoms with Crippen molar-refractivity contribution in [3.8, 4) is 11.8 Å². The highest BCUT2D eigenvalue weighted by Gasteiger charge is 2.33. The molecule has 2 heterocycles. The van der Waals surface area contributed by atoms with Crippen molar-refractivity contribution >= 4 is 10.0 Å². The van der Waals surface area contributed by atoms with E-state index >= 15 is 0 Å². The number of aryl methyl sites for hydroxylation is 1. The fourth-order valence-electron chi connectivity index (χ4n) is 3.03. The second-order valence-corrected chi connectivity index (χ2v) is 8.26. The highest BCUT2D eigenvalue weighted by Crippen LogP contribution is 2.29. The van der Waals surface area contributed by atoms with E-state index in [1.54, 1.807) is 36.7 Å². The first kappa shape index (κ1) is 19.6. The van der Waals surface area contributed by atoms with E-state index in [1.165, 1.54) is 4.31 Å². The lowest BCUT2D eigenvalue weighted by molar-refractivity contribution is 0.119. The van der Waals surface area contributed by atoms with Crippen LogP contribution in [0.3, 0.4) is 0 Å². The van der Waals surface area contributed by atoms with Gasteiger partial charge in [0.2, 0.25) is 10.0 Å². The van der Waals surface area contributed by atoms with Crippen LogP contribution in [0.2, 0.25) is 0 Å². The van der Waals surface area contributed by atoms with Crippen LogP contribution >= 0.6 is 0 Å². The van der Waals surface area contributed by atoms with E-state index < -0.39 is 10.0 Å². The van der Waals surface area contributed by atoms with Crippen LogP contribution < -0.4 is 9.47 Å². The zero-order valence-corrected chi connectivity index (χ0v) is 16.5. The summed E-state index contributed by atoms with van der Waals surface area (Å²) in [5, 5.41) is 0. The van der Waals surface area contributed by atoms with Crippen molar-refractivity contribution in [3.63, 3.8) is 0 Å². The maximum atomic E-state index is 13.1. The van der Waals surface area contributed by atoms with Gasteiger partial charge in [-0.3, -0.25) is 0 Å². The van der Waals surface area contributed by atoms with Crippen LogP contribution in [0.15, 0.2) is 41.6 Å². The molecule has 0 radical (unpaired) electrons. The first-order valence-corrected chi connectivity index (χ1v) is 10.7. The Morgan fingerprint density at radius 1 is 1.19 bits per heavy atom. The Kier molecular flexibility index (Phi) is 6.28. The number of nitrogens with zero attached hydrogens (tertiary/aromatic N) is 3. The highest BCUT2D eigenvalue weighted by molar-refractivity contribution is 7.89. The Balaban J connectivity index is 1.75. The number of hydrogen-bond acceptors (Lipinski definition) is 6. The number of hydrogen-bond donors (Lipinski definition) is 0. The van der Waals surface area contributed by atoms with Crippen LogP contribution in [0.25, 0.3) is 0 Å². The summed E-state index contributed by atoms with van der Waals surface area (Å²) >= 11 is 0. The molecule has 1 atom stereocenters. The molecule has 2 aromatic rings. The van der Waals surface area contributed by atoms with Gasteiger partial charge in [-0.15, -0.1) is 0 Å². The summed E-state index contributed by atoms with van der Waals surface area (Å²) in [5.74, 6) is 0.376. The van der Waals surface area contributed by atoms with E-state index in [1.807, 2.05) is 13.8 Å². The van der Waals surface area contributed by atoms with Gasteiger partial charge in [0.05, 0.1) is 13.2 Å². The van der Waals surface area contributed by atoms with Gasteiger partial charge >= 0.3 is 6.01 Å². The monoisotopic (exact) mass is 391 g/mol. The molecule has 1 aromatic carbocycles. The summed E-state index contributed by atoms with van der Waals surface area (Å²) in [5.41, 5.74) is 1.03. The molecule has 0 N–H and O–H groups in total. The molecule has 0 aliphatic carbocycles. The number of benzene rings is 1. The average Bonchev–Trinajstić information content (AvgIpc) is 2.69. The Hall–Kier alpha value is -2.19. The lowest BCUT2D eigenvalue weighted by Crippen LogP contribution is -2.44. The predicted molar refractivity (Wildman–Crippen MR) is 101 cm³/mol. The molecule has 27 heavy (non-hydrogen) atoms. The van der Waals surface area contributed by atoms with E-state index in [0.717, 1.165) is 18.4 Å². The molecule has 8 heteroatoms. The van der Waals surface area contributed by atoms with Gasteiger partial charge < -0.3 is 9.47 Å². The summed E-state index contributed by atoms with van der Waals surface area (Å²) in [7, 11) is -3.66. The third kappa shape index (κ3) is 4.56. The molecule has 1 unspecified atom stereocenters. The van der Waals surface area contributed by atoms with Crippen molar-refractivity contribution < 1.29 is 17.9 Å². The normalized spacial score (nSPS) is 18.2. The first-order chi connectivity index (χ1) is 13.0. The summed E-state index contributed by atoms with van der Waals surface area (Å²) in [4.78, 5) is 8.60. The van der Waals surface area contributed by atoms with Crippen molar-refractivity contribution in [1.29, 1.82) is 0 Å². The molecule has 1 aliphatic heterocycles. The van der Waals surface area contributed by atoms with E-state index in [-0.39, 0.29) is 23.6 Å². The highest BCUT2D eigenvalue weighted by atomic mass is 32.2. The Labute approximate surface area is 160 Å². The molecule has 1 fully saturated rings. The molecule has 0 bridgehead atoms. The maximum Gasteiger partial charge on any atom is 0.316 e.